The Morgan fingerprint density at radius 2 is 1.94 bits per heavy atom. The number of cyclic esters (lactones) is 1. The van der Waals surface area contributed by atoms with Crippen molar-refractivity contribution in [3.8, 4) is 11.1 Å². The molecule has 3 rings (SSSR count). The molecule has 1 atom stereocenters. The summed E-state index contributed by atoms with van der Waals surface area (Å²) in [4.78, 5) is 24.4. The van der Waals surface area contributed by atoms with Crippen LogP contribution in [0.5, 0.6) is 0 Å². The number of carbonyl (C=O) groups excluding carboxylic acids is 2. The Morgan fingerprint density at radius 3 is 2.56 bits per heavy atom. The maximum atomic E-state index is 14.8. The number of ether oxygens (including phenoxy) is 1. The molecule has 1 N–H and O–H groups in total. The van der Waals surface area contributed by atoms with Crippen molar-refractivity contribution >= 4 is 27.5 Å². The highest BCUT2D eigenvalue weighted by atomic mass is 32.2. The third kappa shape index (κ3) is 6.03. The van der Waals surface area contributed by atoms with Crippen molar-refractivity contribution in [1.29, 1.82) is 0 Å². The van der Waals surface area contributed by atoms with E-state index in [1.165, 1.54) is 24.0 Å². The summed E-state index contributed by atoms with van der Waals surface area (Å²) < 4.78 is 56.2. The first-order valence-corrected chi connectivity index (χ1v) is 11.9. The third-order valence-corrected chi connectivity index (χ3v) is 6.64. The number of alkyl halides is 1. The molecule has 10 heteroatoms. The van der Waals surface area contributed by atoms with Gasteiger partial charge < -0.3 is 10.1 Å². The Labute approximate surface area is 185 Å². The van der Waals surface area contributed by atoms with Crippen LogP contribution in [0.3, 0.4) is 0 Å². The summed E-state index contributed by atoms with van der Waals surface area (Å²) in [6.07, 6.45) is -1.18. The zero-order valence-electron chi connectivity index (χ0n) is 17.5. The smallest absolute Gasteiger partial charge is 0.414 e. The predicted molar refractivity (Wildman–Crippen MR) is 116 cm³/mol. The molecule has 7 nitrogen and oxygen atoms in total. The van der Waals surface area contributed by atoms with E-state index in [0.717, 1.165) is 0 Å². The lowest BCUT2D eigenvalue weighted by Crippen LogP contribution is -2.33. The number of benzene rings is 2. The van der Waals surface area contributed by atoms with Crippen LogP contribution < -0.4 is 10.2 Å². The SMILES string of the molecule is CC(=O)NC[C@H]1CN(c2ccc(-c3ccc(CS(=O)(=O)CCCF)cc3)c(F)c2)C(=O)O1. The van der Waals surface area contributed by atoms with Gasteiger partial charge in [-0.05, 0) is 35.7 Å². The summed E-state index contributed by atoms with van der Waals surface area (Å²) in [6, 6.07) is 10.8. The summed E-state index contributed by atoms with van der Waals surface area (Å²) in [5.74, 6) is -1.21. The van der Waals surface area contributed by atoms with E-state index in [4.69, 9.17) is 4.74 Å². The van der Waals surface area contributed by atoms with Gasteiger partial charge in [-0.1, -0.05) is 24.3 Å². The summed E-state index contributed by atoms with van der Waals surface area (Å²) in [7, 11) is -3.40. The van der Waals surface area contributed by atoms with E-state index in [-0.39, 0.29) is 36.9 Å². The molecule has 1 fully saturated rings. The lowest BCUT2D eigenvalue weighted by atomic mass is 10.0. The number of halogens is 2. The van der Waals surface area contributed by atoms with Gasteiger partial charge in [-0.2, -0.15) is 0 Å². The predicted octanol–water partition coefficient (Wildman–Crippen LogP) is 3.23. The molecule has 32 heavy (non-hydrogen) atoms. The summed E-state index contributed by atoms with van der Waals surface area (Å²) in [5.41, 5.74) is 1.71. The van der Waals surface area contributed by atoms with Crippen molar-refractivity contribution in [2.75, 3.05) is 30.4 Å². The van der Waals surface area contributed by atoms with Crippen LogP contribution in [0.4, 0.5) is 19.3 Å². The second-order valence-corrected chi connectivity index (χ2v) is 9.73. The minimum Gasteiger partial charge on any atom is -0.442 e. The highest BCUT2D eigenvalue weighted by molar-refractivity contribution is 7.90. The van der Waals surface area contributed by atoms with Crippen LogP contribution in [0.2, 0.25) is 0 Å². The molecule has 1 aliphatic heterocycles. The Morgan fingerprint density at radius 1 is 1.22 bits per heavy atom. The van der Waals surface area contributed by atoms with Crippen LogP contribution in [-0.4, -0.2) is 52.0 Å². The van der Waals surface area contributed by atoms with Gasteiger partial charge in [0.1, 0.15) is 11.9 Å². The number of amides is 2. The van der Waals surface area contributed by atoms with Gasteiger partial charge in [-0.25, -0.2) is 17.6 Å². The lowest BCUT2D eigenvalue weighted by molar-refractivity contribution is -0.119. The number of nitrogens with one attached hydrogen (secondary N) is 1. The Bertz CT molecular complexity index is 1090. The molecule has 0 saturated carbocycles. The summed E-state index contributed by atoms with van der Waals surface area (Å²) >= 11 is 0. The molecular weight excluding hydrogens is 442 g/mol. The highest BCUT2D eigenvalue weighted by Gasteiger charge is 2.32. The monoisotopic (exact) mass is 466 g/mol. The number of anilines is 1. The van der Waals surface area contributed by atoms with Crippen molar-refractivity contribution in [3.05, 3.63) is 53.8 Å². The molecular formula is C22H24F2N2O5S. The third-order valence-electron chi connectivity index (χ3n) is 4.96. The molecule has 1 saturated heterocycles. The van der Waals surface area contributed by atoms with Gasteiger partial charge in [0, 0.05) is 12.5 Å². The van der Waals surface area contributed by atoms with Crippen molar-refractivity contribution in [2.45, 2.75) is 25.2 Å². The summed E-state index contributed by atoms with van der Waals surface area (Å²) in [6.45, 7) is 1.04. The lowest BCUT2D eigenvalue weighted by Gasteiger charge is -2.15. The van der Waals surface area contributed by atoms with Crippen LogP contribution >= 0.6 is 0 Å². The Kier molecular flexibility index (Phi) is 7.44. The van der Waals surface area contributed by atoms with Gasteiger partial charge in [-0.3, -0.25) is 14.1 Å². The Balaban J connectivity index is 1.70. The van der Waals surface area contributed by atoms with Gasteiger partial charge in [0.15, 0.2) is 9.84 Å². The average Bonchev–Trinajstić information content (AvgIpc) is 3.12. The van der Waals surface area contributed by atoms with Crippen molar-refractivity contribution in [1.82, 2.24) is 5.32 Å². The van der Waals surface area contributed by atoms with Gasteiger partial charge in [-0.15, -0.1) is 0 Å². The van der Waals surface area contributed by atoms with Crippen LogP contribution in [0.1, 0.15) is 18.9 Å². The quantitative estimate of drug-likeness (QED) is 0.613. The largest absolute Gasteiger partial charge is 0.442 e. The van der Waals surface area contributed by atoms with Crippen LogP contribution in [0.25, 0.3) is 11.1 Å². The minimum absolute atomic E-state index is 0.0312. The number of nitrogens with zero attached hydrogens (tertiary/aromatic N) is 1. The highest BCUT2D eigenvalue weighted by Crippen LogP contribution is 2.29. The molecule has 0 bridgehead atoms. The normalized spacial score (nSPS) is 16.2. The number of carbonyl (C=O) groups is 2. The van der Waals surface area contributed by atoms with E-state index in [2.05, 4.69) is 5.32 Å². The number of hydrogen-bond donors (Lipinski definition) is 1. The van der Waals surface area contributed by atoms with E-state index in [1.54, 1.807) is 30.3 Å². The maximum absolute atomic E-state index is 14.8. The van der Waals surface area contributed by atoms with E-state index in [1.807, 2.05) is 0 Å². The molecule has 2 amide bonds. The fraction of sp³-hybridized carbons (Fsp3) is 0.364. The second-order valence-electron chi connectivity index (χ2n) is 7.55. The first kappa shape index (κ1) is 23.6. The molecule has 0 aromatic heterocycles. The van der Waals surface area contributed by atoms with Crippen LogP contribution in [-0.2, 0) is 25.1 Å². The van der Waals surface area contributed by atoms with Crippen molar-refractivity contribution < 1.29 is 31.5 Å². The van der Waals surface area contributed by atoms with Gasteiger partial charge in [0.25, 0.3) is 0 Å². The molecule has 0 unspecified atom stereocenters. The van der Waals surface area contributed by atoms with Crippen LogP contribution in [0, 0.1) is 5.82 Å². The van der Waals surface area contributed by atoms with Gasteiger partial charge in [0.05, 0.1) is 37.0 Å². The van der Waals surface area contributed by atoms with Gasteiger partial charge >= 0.3 is 6.09 Å². The molecule has 0 aliphatic carbocycles. The number of rotatable bonds is 9. The summed E-state index contributed by atoms with van der Waals surface area (Å²) in [5, 5.41) is 2.58. The number of hydrogen-bond acceptors (Lipinski definition) is 5. The topological polar surface area (TPSA) is 92.8 Å². The first-order chi connectivity index (χ1) is 15.2. The zero-order chi connectivity index (χ0) is 23.3. The van der Waals surface area contributed by atoms with Crippen molar-refractivity contribution in [3.63, 3.8) is 0 Å². The maximum Gasteiger partial charge on any atom is 0.414 e. The Hall–Kier alpha value is -3.01. The average molecular weight is 467 g/mol. The fourth-order valence-corrected chi connectivity index (χ4v) is 4.78. The molecule has 1 aliphatic rings. The minimum atomic E-state index is -3.40. The molecule has 0 spiro atoms. The van der Waals surface area contributed by atoms with Gasteiger partial charge in [0.2, 0.25) is 5.91 Å². The molecule has 0 radical (unpaired) electrons. The van der Waals surface area contributed by atoms with Crippen molar-refractivity contribution in [2.24, 2.45) is 0 Å². The van der Waals surface area contributed by atoms with E-state index in [9.17, 15) is 26.8 Å². The standard InChI is InChI=1S/C22H24F2N2O5S/c1-15(27)25-12-19-13-26(22(28)31-19)18-7-8-20(21(24)11-18)17-5-3-16(4-6-17)14-32(29,30)10-2-9-23/h3-8,11,19H,2,9-10,12-14H2,1H3,(H,25,27)/t19-/m0/s1. The molecule has 172 valence electrons. The van der Waals surface area contributed by atoms with E-state index < -0.39 is 34.5 Å². The molecule has 1 heterocycles. The zero-order valence-corrected chi connectivity index (χ0v) is 18.3. The van der Waals surface area contributed by atoms with E-state index >= 15 is 0 Å². The fourth-order valence-electron chi connectivity index (χ4n) is 3.38. The molecule has 2 aromatic rings. The second kappa shape index (κ2) is 10.1. The van der Waals surface area contributed by atoms with Crippen LogP contribution in [0.15, 0.2) is 42.5 Å². The molecule has 2 aromatic carbocycles. The number of sulfone groups is 1. The first-order valence-electron chi connectivity index (χ1n) is 10.1. The van der Waals surface area contributed by atoms with E-state index in [0.29, 0.717) is 22.4 Å².